The fourth-order valence-electron chi connectivity index (χ4n) is 9.26. The van der Waals surface area contributed by atoms with Crippen molar-refractivity contribution in [2.45, 2.75) is 182 Å². The van der Waals surface area contributed by atoms with E-state index in [-0.39, 0.29) is 62.1 Å². The van der Waals surface area contributed by atoms with Crippen molar-refractivity contribution in [2.75, 3.05) is 6.61 Å². The minimum atomic E-state index is -1.72. The van der Waals surface area contributed by atoms with Crippen molar-refractivity contribution < 1.29 is 79.2 Å². The van der Waals surface area contributed by atoms with Gasteiger partial charge < -0.3 is 74.4 Å². The van der Waals surface area contributed by atoms with Crippen LogP contribution in [0.5, 0.6) is 0 Å². The van der Waals surface area contributed by atoms with E-state index in [4.69, 9.17) is 28.4 Å². The highest BCUT2D eigenvalue weighted by molar-refractivity contribution is 5.81. The number of ether oxygens (including phenoxy) is 6. The smallest absolute Gasteiger partial charge is 0.330 e. The molecule has 16 nitrogen and oxygen atoms in total. The van der Waals surface area contributed by atoms with Gasteiger partial charge >= 0.3 is 5.97 Å². The summed E-state index contributed by atoms with van der Waals surface area (Å²) in [4.78, 5) is 12.6. The molecule has 3 heterocycles. The number of carbonyl (C=O) groups excluding carboxylic acids is 1. The van der Waals surface area contributed by atoms with E-state index in [1.807, 2.05) is 6.92 Å². The van der Waals surface area contributed by atoms with Crippen LogP contribution >= 0.6 is 0 Å². The molecule has 10 unspecified atom stereocenters. The van der Waals surface area contributed by atoms with Gasteiger partial charge in [0.05, 0.1) is 61.0 Å². The van der Waals surface area contributed by atoms with Crippen molar-refractivity contribution in [2.24, 2.45) is 23.7 Å². The second-order valence-corrected chi connectivity index (χ2v) is 16.5. The maximum atomic E-state index is 12.6. The van der Waals surface area contributed by atoms with Gasteiger partial charge in [0.2, 0.25) is 0 Å². The molecule has 19 atom stereocenters. The lowest BCUT2D eigenvalue weighted by molar-refractivity contribution is -0.340. The minimum absolute atomic E-state index is 0.131. The van der Waals surface area contributed by atoms with E-state index in [1.165, 1.54) is 6.08 Å². The zero-order valence-electron chi connectivity index (χ0n) is 30.4. The molecule has 9 N–H and O–H groups in total. The van der Waals surface area contributed by atoms with Crippen molar-refractivity contribution in [3.63, 3.8) is 0 Å². The van der Waals surface area contributed by atoms with E-state index in [0.29, 0.717) is 19.3 Å². The molecule has 0 aromatic rings. The summed E-state index contributed by atoms with van der Waals surface area (Å²) in [5, 5.41) is 95.7. The molecule has 304 valence electrons. The lowest BCUT2D eigenvalue weighted by Crippen LogP contribution is -2.63. The highest BCUT2D eigenvalue weighted by atomic mass is 16.7. The van der Waals surface area contributed by atoms with Crippen LogP contribution in [0.15, 0.2) is 12.2 Å². The third-order valence-electron chi connectivity index (χ3n) is 12.4. The number of esters is 1. The van der Waals surface area contributed by atoms with Gasteiger partial charge in [-0.05, 0) is 76.0 Å². The van der Waals surface area contributed by atoms with Crippen LogP contribution in [0.2, 0.25) is 0 Å². The Balaban J connectivity index is 1.17. The molecule has 16 heteroatoms. The van der Waals surface area contributed by atoms with Crippen molar-refractivity contribution in [3.05, 3.63) is 12.2 Å². The average molecular weight is 761 g/mol. The first-order valence-electron chi connectivity index (χ1n) is 19.4. The maximum absolute atomic E-state index is 12.6. The van der Waals surface area contributed by atoms with Crippen LogP contribution in [0, 0.1) is 23.7 Å². The molecule has 53 heavy (non-hydrogen) atoms. The SMILES string of the molecule is CC1CC(C2OC3CC(O)CC(O[C@H]4O[C@H](C)C[C@H](O)[C@H]4O)C3CC2O[C@H]2O[C@H](COC(=O)C=CC3CCC(O)CC3)[C@@H](O)[C@H](O)[C@H]2O)CC(O)C1O. The second-order valence-electron chi connectivity index (χ2n) is 16.5. The molecule has 3 aliphatic heterocycles. The first-order valence-corrected chi connectivity index (χ1v) is 19.4. The zero-order chi connectivity index (χ0) is 38.1. The topological polar surface area (TPSA) is 255 Å². The summed E-state index contributed by atoms with van der Waals surface area (Å²) in [5.41, 5.74) is 0. The molecule has 0 aromatic carbocycles. The molecule has 0 aromatic heterocycles. The summed E-state index contributed by atoms with van der Waals surface area (Å²) in [7, 11) is 0. The van der Waals surface area contributed by atoms with Gasteiger partial charge in [-0.2, -0.15) is 0 Å². The molecule has 0 radical (unpaired) electrons. The predicted molar refractivity (Wildman–Crippen MR) is 181 cm³/mol. The standard InChI is InChI=1S/C37H60O16/c1-16-9-19(11-24(41)30(16)43)35-27(14-22-25(50-35)12-21(39)13-26(22)51-36-31(44)23(40)10-17(2)49-36)52-37-34(47)33(46)32(45)28(53-37)15-48-29(42)8-5-18-3-6-20(38)7-4-18/h5,8,16-28,30-41,43-47H,3-4,6-7,9-15H2,1-2H3/t16?,17-,18?,19?,20?,21?,22?,23+,24?,25?,26?,27?,28-,30?,31-,32-,33+,34-,35?,36-,37+/m1/s1. The van der Waals surface area contributed by atoms with Gasteiger partial charge in [0.15, 0.2) is 12.6 Å². The summed E-state index contributed by atoms with van der Waals surface area (Å²) in [6, 6.07) is 0. The van der Waals surface area contributed by atoms with Crippen LogP contribution in [-0.4, -0.2) is 163 Å². The Morgan fingerprint density at radius 1 is 0.660 bits per heavy atom. The van der Waals surface area contributed by atoms with Gasteiger partial charge in [0.1, 0.15) is 37.1 Å². The minimum Gasteiger partial charge on any atom is -0.460 e. The molecular weight excluding hydrogens is 700 g/mol. The molecule has 6 aliphatic rings. The van der Waals surface area contributed by atoms with Crippen molar-refractivity contribution in [3.8, 4) is 0 Å². The molecule has 6 rings (SSSR count). The molecule has 6 fully saturated rings. The van der Waals surface area contributed by atoms with Crippen LogP contribution in [0.3, 0.4) is 0 Å². The average Bonchev–Trinajstić information content (AvgIpc) is 3.11. The number of aliphatic hydroxyl groups is 9. The molecule has 0 amide bonds. The molecule has 3 saturated heterocycles. The number of allylic oxidation sites excluding steroid dienone is 1. The van der Waals surface area contributed by atoms with E-state index in [1.54, 1.807) is 13.0 Å². The van der Waals surface area contributed by atoms with Crippen LogP contribution in [-0.2, 0) is 33.2 Å². The van der Waals surface area contributed by atoms with Crippen molar-refractivity contribution in [1.82, 2.24) is 0 Å². The molecule has 0 spiro atoms. The number of hydrogen-bond acceptors (Lipinski definition) is 16. The maximum Gasteiger partial charge on any atom is 0.330 e. The van der Waals surface area contributed by atoms with Crippen molar-refractivity contribution in [1.29, 1.82) is 0 Å². The summed E-state index contributed by atoms with van der Waals surface area (Å²) in [6.07, 6.45) is -10.2. The van der Waals surface area contributed by atoms with Gasteiger partial charge in [-0.1, -0.05) is 13.0 Å². The van der Waals surface area contributed by atoms with E-state index in [2.05, 4.69) is 0 Å². The number of hydrogen-bond donors (Lipinski definition) is 9. The van der Waals surface area contributed by atoms with Gasteiger partial charge in [0.25, 0.3) is 0 Å². The van der Waals surface area contributed by atoms with Crippen LogP contribution in [0.25, 0.3) is 0 Å². The van der Waals surface area contributed by atoms with Gasteiger partial charge in [-0.25, -0.2) is 4.79 Å². The van der Waals surface area contributed by atoms with Crippen molar-refractivity contribution >= 4 is 5.97 Å². The lowest BCUT2D eigenvalue weighted by Gasteiger charge is -2.52. The Morgan fingerprint density at radius 2 is 1.34 bits per heavy atom. The normalized spacial score (nSPS) is 51.1. The lowest BCUT2D eigenvalue weighted by atomic mass is 9.70. The first kappa shape index (κ1) is 41.3. The van der Waals surface area contributed by atoms with E-state index in [9.17, 15) is 50.8 Å². The van der Waals surface area contributed by atoms with Crippen LogP contribution in [0.1, 0.15) is 78.1 Å². The Kier molecular flexibility index (Phi) is 13.9. The molecule has 3 aliphatic carbocycles. The first-order chi connectivity index (χ1) is 25.2. The Morgan fingerprint density at radius 3 is 2.06 bits per heavy atom. The zero-order valence-corrected chi connectivity index (χ0v) is 30.4. The Labute approximate surface area is 309 Å². The Bertz CT molecular complexity index is 1200. The number of rotatable bonds is 9. The summed E-state index contributed by atoms with van der Waals surface area (Å²) >= 11 is 0. The molecular formula is C37H60O16. The van der Waals surface area contributed by atoms with Gasteiger partial charge in [-0.15, -0.1) is 0 Å². The highest BCUT2D eigenvalue weighted by Gasteiger charge is 2.54. The largest absolute Gasteiger partial charge is 0.460 e. The monoisotopic (exact) mass is 760 g/mol. The second kappa shape index (κ2) is 17.8. The fraction of sp³-hybridized carbons (Fsp3) is 0.919. The van der Waals surface area contributed by atoms with Gasteiger partial charge in [0, 0.05) is 24.8 Å². The molecule has 3 saturated carbocycles. The van der Waals surface area contributed by atoms with Crippen LogP contribution in [0.4, 0.5) is 0 Å². The fourth-order valence-corrected chi connectivity index (χ4v) is 9.26. The predicted octanol–water partition coefficient (Wildman–Crippen LogP) is -1.23. The number of carbonyl (C=O) groups is 1. The molecule has 0 bridgehead atoms. The summed E-state index contributed by atoms with van der Waals surface area (Å²) in [6.45, 7) is 3.14. The highest BCUT2D eigenvalue weighted by Crippen LogP contribution is 2.45. The number of aliphatic hydroxyl groups excluding tert-OH is 9. The third kappa shape index (κ3) is 9.79. The Hall–Kier alpha value is -1.35. The third-order valence-corrected chi connectivity index (χ3v) is 12.4. The van der Waals surface area contributed by atoms with E-state index >= 15 is 0 Å². The van der Waals surface area contributed by atoms with E-state index < -0.39 is 110 Å². The van der Waals surface area contributed by atoms with Gasteiger partial charge in [-0.3, -0.25) is 0 Å². The van der Waals surface area contributed by atoms with Crippen LogP contribution < -0.4 is 0 Å². The summed E-state index contributed by atoms with van der Waals surface area (Å²) in [5.74, 6) is -1.56. The number of fused-ring (bicyclic) bond motifs is 1. The summed E-state index contributed by atoms with van der Waals surface area (Å²) < 4.78 is 36.5. The quantitative estimate of drug-likeness (QED) is 0.0985. The van der Waals surface area contributed by atoms with E-state index in [0.717, 1.165) is 12.8 Å².